The molecule has 24 heavy (non-hydrogen) atoms. The van der Waals surface area contributed by atoms with Crippen molar-refractivity contribution in [3.63, 3.8) is 0 Å². The summed E-state index contributed by atoms with van der Waals surface area (Å²) in [5, 5.41) is 3.18. The van der Waals surface area contributed by atoms with Crippen LogP contribution in [0.15, 0.2) is 42.6 Å². The van der Waals surface area contributed by atoms with Crippen LogP contribution < -0.4 is 5.32 Å². The van der Waals surface area contributed by atoms with Gasteiger partial charge >= 0.3 is 6.18 Å². The summed E-state index contributed by atoms with van der Waals surface area (Å²) in [6.45, 7) is 0. The first-order valence-electron chi connectivity index (χ1n) is 7.45. The van der Waals surface area contributed by atoms with Gasteiger partial charge in [-0.2, -0.15) is 13.2 Å². The Morgan fingerprint density at radius 3 is 2.54 bits per heavy atom. The number of alkyl halides is 3. The third-order valence-electron chi connectivity index (χ3n) is 4.21. The van der Waals surface area contributed by atoms with E-state index in [2.05, 4.69) is 10.3 Å². The number of carbonyl (C=O) groups excluding carboxylic acids is 1. The summed E-state index contributed by atoms with van der Waals surface area (Å²) in [6.07, 6.45) is -1.51. The maximum atomic E-state index is 13.0. The van der Waals surface area contributed by atoms with Gasteiger partial charge in [-0.3, -0.25) is 9.78 Å². The smallest absolute Gasteiger partial charge is 0.349 e. The van der Waals surface area contributed by atoms with Gasteiger partial charge in [0.15, 0.2) is 0 Å². The lowest BCUT2D eigenvalue weighted by molar-refractivity contribution is -0.137. The van der Waals surface area contributed by atoms with Gasteiger partial charge in [0.25, 0.3) is 5.91 Å². The molecule has 1 saturated carbocycles. The molecule has 1 amide bonds. The summed E-state index contributed by atoms with van der Waals surface area (Å²) in [5.74, 6) is -0.814. The fraction of sp³-hybridized carbons (Fsp3) is 0.294. The van der Waals surface area contributed by atoms with E-state index in [1.165, 1.54) is 18.2 Å². The normalized spacial score (nSPS) is 20.3. The maximum Gasteiger partial charge on any atom is 0.417 e. The first-order valence-corrected chi connectivity index (χ1v) is 7.83. The van der Waals surface area contributed by atoms with Crippen molar-refractivity contribution in [2.45, 2.75) is 31.0 Å². The SMILES string of the molecule is O=C(N[C@@H]1CCC1c1ncccc1Cl)c1ccccc1C(F)(F)F. The molecule has 3 nitrogen and oxygen atoms in total. The molecule has 2 atom stereocenters. The summed E-state index contributed by atoms with van der Waals surface area (Å²) < 4.78 is 39.1. The average Bonchev–Trinajstić information content (AvgIpc) is 2.52. The minimum Gasteiger partial charge on any atom is -0.349 e. The van der Waals surface area contributed by atoms with Crippen molar-refractivity contribution in [3.05, 3.63) is 64.4 Å². The van der Waals surface area contributed by atoms with E-state index in [0.29, 0.717) is 17.1 Å². The Morgan fingerprint density at radius 2 is 1.92 bits per heavy atom. The number of rotatable bonds is 3. The Labute approximate surface area is 141 Å². The van der Waals surface area contributed by atoms with Crippen LogP contribution in [0.4, 0.5) is 13.2 Å². The molecule has 0 aliphatic heterocycles. The van der Waals surface area contributed by atoms with Crippen molar-refractivity contribution in [2.75, 3.05) is 0 Å². The molecular weight excluding hydrogens is 341 g/mol. The summed E-state index contributed by atoms with van der Waals surface area (Å²) in [5.41, 5.74) is -0.642. The van der Waals surface area contributed by atoms with E-state index < -0.39 is 17.6 Å². The number of carbonyl (C=O) groups is 1. The molecule has 3 rings (SSSR count). The molecule has 0 saturated heterocycles. The van der Waals surface area contributed by atoms with E-state index in [-0.39, 0.29) is 17.5 Å². The molecular formula is C17H14ClF3N2O. The third kappa shape index (κ3) is 3.24. The van der Waals surface area contributed by atoms with Gasteiger partial charge in [-0.1, -0.05) is 23.7 Å². The second-order valence-corrected chi connectivity index (χ2v) is 6.08. The number of nitrogens with zero attached hydrogens (tertiary/aromatic N) is 1. The third-order valence-corrected chi connectivity index (χ3v) is 4.53. The molecule has 1 aromatic heterocycles. The van der Waals surface area contributed by atoms with Gasteiger partial charge in [0, 0.05) is 18.2 Å². The van der Waals surface area contributed by atoms with Crippen molar-refractivity contribution in [2.24, 2.45) is 0 Å². The number of aromatic nitrogens is 1. The standard InChI is InChI=1S/C17H14ClF3N2O/c18-13-6-3-9-22-15(13)11-7-8-14(11)23-16(24)10-4-1-2-5-12(10)17(19,20)21/h1-6,9,11,14H,7-8H2,(H,23,24)/t11?,14-/m1/s1. The highest BCUT2D eigenvalue weighted by Gasteiger charge is 2.38. The Morgan fingerprint density at radius 1 is 1.17 bits per heavy atom. The second kappa shape index (κ2) is 6.43. The Kier molecular flexibility index (Phi) is 4.49. The minimum atomic E-state index is -4.57. The molecule has 1 heterocycles. The van der Waals surface area contributed by atoms with Crippen molar-refractivity contribution in [1.29, 1.82) is 0 Å². The first-order chi connectivity index (χ1) is 11.4. The van der Waals surface area contributed by atoms with Gasteiger partial charge in [0.2, 0.25) is 0 Å². The molecule has 7 heteroatoms. The van der Waals surface area contributed by atoms with Crippen LogP contribution in [0.25, 0.3) is 0 Å². The molecule has 1 aromatic carbocycles. The number of amides is 1. The van der Waals surface area contributed by atoms with Crippen LogP contribution in [0.1, 0.15) is 40.4 Å². The van der Waals surface area contributed by atoms with Gasteiger partial charge in [-0.05, 0) is 37.1 Å². The summed E-state index contributed by atoms with van der Waals surface area (Å²) in [4.78, 5) is 16.5. The molecule has 1 aliphatic carbocycles. The van der Waals surface area contributed by atoms with Gasteiger partial charge in [-0.25, -0.2) is 0 Å². The zero-order valence-corrected chi connectivity index (χ0v) is 13.2. The highest BCUT2D eigenvalue weighted by atomic mass is 35.5. The van der Waals surface area contributed by atoms with E-state index in [0.717, 1.165) is 12.5 Å². The zero-order valence-electron chi connectivity index (χ0n) is 12.5. The number of benzene rings is 1. The first kappa shape index (κ1) is 16.8. The molecule has 1 unspecified atom stereocenters. The fourth-order valence-corrected chi connectivity index (χ4v) is 3.11. The zero-order chi connectivity index (χ0) is 17.3. The molecule has 126 valence electrons. The van der Waals surface area contributed by atoms with Crippen LogP contribution in [0, 0.1) is 0 Å². The van der Waals surface area contributed by atoms with Crippen LogP contribution in [0.5, 0.6) is 0 Å². The molecule has 1 fully saturated rings. The predicted molar refractivity (Wildman–Crippen MR) is 83.9 cm³/mol. The quantitative estimate of drug-likeness (QED) is 0.886. The lowest BCUT2D eigenvalue weighted by Gasteiger charge is -2.37. The van der Waals surface area contributed by atoms with Crippen molar-refractivity contribution >= 4 is 17.5 Å². The van der Waals surface area contributed by atoms with E-state index in [4.69, 9.17) is 11.6 Å². The molecule has 1 N–H and O–H groups in total. The summed E-state index contributed by atoms with van der Waals surface area (Å²) in [7, 11) is 0. The largest absolute Gasteiger partial charge is 0.417 e. The number of hydrogen-bond donors (Lipinski definition) is 1. The highest BCUT2D eigenvalue weighted by molar-refractivity contribution is 6.31. The van der Waals surface area contributed by atoms with Crippen LogP contribution >= 0.6 is 11.6 Å². The lowest BCUT2D eigenvalue weighted by Crippen LogP contribution is -2.46. The summed E-state index contributed by atoms with van der Waals surface area (Å²) >= 11 is 6.11. The van der Waals surface area contributed by atoms with Crippen molar-refractivity contribution < 1.29 is 18.0 Å². The summed E-state index contributed by atoms with van der Waals surface area (Å²) in [6, 6.07) is 7.91. The minimum absolute atomic E-state index is 0.0827. The van der Waals surface area contributed by atoms with Crippen LogP contribution in [-0.2, 0) is 6.18 Å². The van der Waals surface area contributed by atoms with Crippen molar-refractivity contribution in [1.82, 2.24) is 10.3 Å². The van der Waals surface area contributed by atoms with Crippen LogP contribution in [-0.4, -0.2) is 16.9 Å². The number of nitrogens with one attached hydrogen (secondary N) is 1. The van der Waals surface area contributed by atoms with E-state index >= 15 is 0 Å². The lowest BCUT2D eigenvalue weighted by atomic mass is 9.77. The van der Waals surface area contributed by atoms with E-state index in [1.807, 2.05) is 0 Å². The number of hydrogen-bond acceptors (Lipinski definition) is 2. The second-order valence-electron chi connectivity index (χ2n) is 5.68. The molecule has 1 aliphatic rings. The van der Waals surface area contributed by atoms with Gasteiger partial charge < -0.3 is 5.32 Å². The fourth-order valence-electron chi connectivity index (χ4n) is 2.85. The van der Waals surface area contributed by atoms with Gasteiger partial charge in [0.05, 0.1) is 21.8 Å². The molecule has 0 bridgehead atoms. The topological polar surface area (TPSA) is 42.0 Å². The number of pyridine rings is 1. The molecule has 2 aromatic rings. The Bertz CT molecular complexity index is 763. The number of halogens is 4. The van der Waals surface area contributed by atoms with Crippen LogP contribution in [0.2, 0.25) is 5.02 Å². The van der Waals surface area contributed by atoms with E-state index in [9.17, 15) is 18.0 Å². The van der Waals surface area contributed by atoms with Crippen molar-refractivity contribution in [3.8, 4) is 0 Å². The molecule has 0 radical (unpaired) electrons. The highest BCUT2D eigenvalue weighted by Crippen LogP contribution is 2.39. The van der Waals surface area contributed by atoms with Gasteiger partial charge in [-0.15, -0.1) is 0 Å². The predicted octanol–water partition coefficient (Wildman–Crippen LogP) is 4.43. The van der Waals surface area contributed by atoms with Gasteiger partial charge in [0.1, 0.15) is 0 Å². The van der Waals surface area contributed by atoms with Crippen LogP contribution in [0.3, 0.4) is 0 Å². The van der Waals surface area contributed by atoms with E-state index in [1.54, 1.807) is 18.3 Å². The Balaban J connectivity index is 1.78. The molecule has 0 spiro atoms. The Hall–Kier alpha value is -2.08. The monoisotopic (exact) mass is 354 g/mol. The average molecular weight is 355 g/mol. The maximum absolute atomic E-state index is 13.0.